The van der Waals surface area contributed by atoms with Crippen molar-refractivity contribution in [2.75, 3.05) is 0 Å². The van der Waals surface area contributed by atoms with E-state index < -0.39 is 5.97 Å². The molecule has 1 heterocycles. The van der Waals surface area contributed by atoms with Gasteiger partial charge >= 0.3 is 5.97 Å². The predicted octanol–water partition coefficient (Wildman–Crippen LogP) is 3.87. The Bertz CT molecular complexity index is 842. The van der Waals surface area contributed by atoms with Crippen LogP contribution in [0.15, 0.2) is 60.9 Å². The maximum atomic E-state index is 11.1. The van der Waals surface area contributed by atoms with Crippen molar-refractivity contribution in [3.8, 4) is 0 Å². The zero-order valence-electron chi connectivity index (χ0n) is 12.3. The van der Waals surface area contributed by atoms with Crippen LogP contribution in [-0.2, 0) is 13.0 Å². The molecule has 3 rings (SSSR count). The number of aromatic nitrogens is 2. The fraction of sp³-hybridized carbons (Fsp3) is 0.111. The highest BCUT2D eigenvalue weighted by Gasteiger charge is 2.07. The molecular formula is C18H15ClN2O2. The zero-order chi connectivity index (χ0) is 16.2. The maximum Gasteiger partial charge on any atom is 0.335 e. The molecule has 0 saturated carbocycles. The first kappa shape index (κ1) is 15.3. The average molecular weight is 327 g/mol. The average Bonchev–Trinajstić information content (AvgIpc) is 2.94. The van der Waals surface area contributed by atoms with Crippen LogP contribution in [-0.4, -0.2) is 20.6 Å². The Morgan fingerprint density at radius 1 is 1.13 bits per heavy atom. The van der Waals surface area contributed by atoms with Crippen LogP contribution in [0, 0.1) is 0 Å². The lowest BCUT2D eigenvalue weighted by atomic mass is 10.1. The van der Waals surface area contributed by atoms with Crippen molar-refractivity contribution in [1.29, 1.82) is 0 Å². The number of carboxylic acid groups (broad SMARTS) is 1. The van der Waals surface area contributed by atoms with E-state index in [9.17, 15) is 4.79 Å². The first-order chi connectivity index (χ1) is 11.1. The van der Waals surface area contributed by atoms with Crippen LogP contribution < -0.4 is 0 Å². The van der Waals surface area contributed by atoms with Gasteiger partial charge in [0.25, 0.3) is 0 Å². The van der Waals surface area contributed by atoms with Gasteiger partial charge in [0.1, 0.15) is 5.82 Å². The molecule has 0 amide bonds. The van der Waals surface area contributed by atoms with E-state index in [0.29, 0.717) is 23.6 Å². The van der Waals surface area contributed by atoms with Gasteiger partial charge in [0, 0.05) is 30.4 Å². The number of hydrogen-bond acceptors (Lipinski definition) is 2. The summed E-state index contributed by atoms with van der Waals surface area (Å²) in [5.41, 5.74) is 2.30. The van der Waals surface area contributed by atoms with Gasteiger partial charge < -0.3 is 9.67 Å². The molecule has 23 heavy (non-hydrogen) atoms. The molecule has 0 fully saturated rings. The predicted molar refractivity (Wildman–Crippen MR) is 89.0 cm³/mol. The van der Waals surface area contributed by atoms with Crippen molar-refractivity contribution in [3.63, 3.8) is 0 Å². The van der Waals surface area contributed by atoms with Crippen molar-refractivity contribution in [3.05, 3.63) is 88.5 Å². The Labute approximate surface area is 139 Å². The number of rotatable bonds is 5. The van der Waals surface area contributed by atoms with Crippen LogP contribution in [0.25, 0.3) is 0 Å². The zero-order valence-corrected chi connectivity index (χ0v) is 13.1. The Morgan fingerprint density at radius 2 is 1.91 bits per heavy atom. The molecule has 0 saturated heterocycles. The molecule has 4 nitrogen and oxygen atoms in total. The Morgan fingerprint density at radius 3 is 2.70 bits per heavy atom. The number of hydrogen-bond donors (Lipinski definition) is 1. The highest BCUT2D eigenvalue weighted by atomic mass is 35.5. The van der Waals surface area contributed by atoms with Crippen LogP contribution in [0.2, 0.25) is 5.02 Å². The van der Waals surface area contributed by atoms with Gasteiger partial charge in [-0.05, 0) is 35.4 Å². The molecule has 1 aromatic heterocycles. The van der Waals surface area contributed by atoms with Crippen molar-refractivity contribution < 1.29 is 9.90 Å². The number of benzene rings is 2. The van der Waals surface area contributed by atoms with Crippen LogP contribution in [0.3, 0.4) is 0 Å². The third-order valence-electron chi connectivity index (χ3n) is 3.58. The summed E-state index contributed by atoms with van der Waals surface area (Å²) in [6.07, 6.45) is 4.32. The number of halogens is 1. The highest BCUT2D eigenvalue weighted by molar-refractivity contribution is 6.30. The van der Waals surface area contributed by atoms with E-state index in [0.717, 1.165) is 17.0 Å². The highest BCUT2D eigenvalue weighted by Crippen LogP contribution is 2.15. The molecule has 0 unspecified atom stereocenters. The smallest absolute Gasteiger partial charge is 0.335 e. The van der Waals surface area contributed by atoms with Crippen molar-refractivity contribution in [1.82, 2.24) is 9.55 Å². The van der Waals surface area contributed by atoms with Crippen LogP contribution in [0.1, 0.15) is 27.3 Å². The monoisotopic (exact) mass is 326 g/mol. The summed E-state index contributed by atoms with van der Waals surface area (Å²) in [5.74, 6) is -0.00960. The quantitative estimate of drug-likeness (QED) is 0.774. The van der Waals surface area contributed by atoms with E-state index in [4.69, 9.17) is 16.7 Å². The molecule has 0 aliphatic carbocycles. The summed E-state index contributed by atoms with van der Waals surface area (Å²) in [6, 6.07) is 14.6. The summed E-state index contributed by atoms with van der Waals surface area (Å²) in [7, 11) is 0. The van der Waals surface area contributed by atoms with Crippen molar-refractivity contribution >= 4 is 17.6 Å². The van der Waals surface area contributed by atoms with Gasteiger partial charge in [0.05, 0.1) is 5.56 Å². The third-order valence-corrected chi connectivity index (χ3v) is 3.81. The van der Waals surface area contributed by atoms with E-state index in [1.807, 2.05) is 41.1 Å². The van der Waals surface area contributed by atoms with Crippen LogP contribution in [0.5, 0.6) is 0 Å². The molecule has 0 spiro atoms. The third kappa shape index (κ3) is 3.79. The summed E-state index contributed by atoms with van der Waals surface area (Å²) < 4.78 is 2.02. The lowest BCUT2D eigenvalue weighted by Crippen LogP contribution is -2.06. The molecule has 0 radical (unpaired) electrons. The Kier molecular flexibility index (Phi) is 4.44. The number of nitrogens with zero attached hydrogens (tertiary/aromatic N) is 2. The standard InChI is InChI=1S/C18H15ClN2O2/c19-16-6-2-3-13(10-16)11-17-20-7-8-21(17)12-14-4-1-5-15(9-14)18(22)23/h1-10H,11-12H2,(H,22,23). The van der Waals surface area contributed by atoms with Crippen molar-refractivity contribution in [2.24, 2.45) is 0 Å². The van der Waals surface area contributed by atoms with E-state index in [2.05, 4.69) is 4.98 Å². The first-order valence-electron chi connectivity index (χ1n) is 7.18. The van der Waals surface area contributed by atoms with E-state index >= 15 is 0 Å². The Balaban J connectivity index is 1.81. The summed E-state index contributed by atoms with van der Waals surface area (Å²) in [5, 5.41) is 9.78. The molecule has 0 aliphatic rings. The van der Waals surface area contributed by atoms with Gasteiger partial charge in [0.2, 0.25) is 0 Å². The van der Waals surface area contributed by atoms with Gasteiger partial charge in [-0.15, -0.1) is 0 Å². The van der Waals surface area contributed by atoms with Gasteiger partial charge in [-0.3, -0.25) is 0 Å². The minimum Gasteiger partial charge on any atom is -0.478 e. The largest absolute Gasteiger partial charge is 0.478 e. The van der Waals surface area contributed by atoms with E-state index in [1.165, 1.54) is 0 Å². The summed E-state index contributed by atoms with van der Waals surface area (Å²) >= 11 is 6.02. The second kappa shape index (κ2) is 6.67. The number of carboxylic acids is 1. The SMILES string of the molecule is O=C(O)c1cccc(Cn2ccnc2Cc2cccc(Cl)c2)c1. The minimum atomic E-state index is -0.920. The van der Waals surface area contributed by atoms with Gasteiger partial charge in [-0.1, -0.05) is 35.9 Å². The minimum absolute atomic E-state index is 0.291. The molecule has 116 valence electrons. The fourth-order valence-electron chi connectivity index (χ4n) is 2.48. The van der Waals surface area contributed by atoms with Gasteiger partial charge in [-0.2, -0.15) is 0 Å². The number of carbonyl (C=O) groups is 1. The lowest BCUT2D eigenvalue weighted by molar-refractivity contribution is 0.0696. The number of imidazole rings is 1. The molecule has 3 aromatic rings. The van der Waals surface area contributed by atoms with E-state index in [1.54, 1.807) is 24.4 Å². The molecule has 2 aromatic carbocycles. The van der Waals surface area contributed by atoms with Gasteiger partial charge in [-0.25, -0.2) is 9.78 Å². The molecule has 1 N–H and O–H groups in total. The normalized spacial score (nSPS) is 10.7. The topological polar surface area (TPSA) is 55.1 Å². The second-order valence-electron chi connectivity index (χ2n) is 5.28. The van der Waals surface area contributed by atoms with Crippen LogP contribution in [0.4, 0.5) is 0 Å². The first-order valence-corrected chi connectivity index (χ1v) is 7.56. The summed E-state index contributed by atoms with van der Waals surface area (Å²) in [6.45, 7) is 0.580. The Hall–Kier alpha value is -2.59. The van der Waals surface area contributed by atoms with Gasteiger partial charge in [0.15, 0.2) is 0 Å². The molecule has 0 atom stereocenters. The number of aromatic carboxylic acids is 1. The molecular weight excluding hydrogens is 312 g/mol. The van der Waals surface area contributed by atoms with Crippen molar-refractivity contribution in [2.45, 2.75) is 13.0 Å². The van der Waals surface area contributed by atoms with Crippen LogP contribution >= 0.6 is 11.6 Å². The summed E-state index contributed by atoms with van der Waals surface area (Å²) in [4.78, 5) is 15.5. The molecule has 5 heteroatoms. The van der Waals surface area contributed by atoms with E-state index in [-0.39, 0.29) is 0 Å². The molecule has 0 aliphatic heterocycles. The second-order valence-corrected chi connectivity index (χ2v) is 5.72. The lowest BCUT2D eigenvalue weighted by Gasteiger charge is -2.09. The fourth-order valence-corrected chi connectivity index (χ4v) is 2.69. The maximum absolute atomic E-state index is 11.1. The molecule has 0 bridgehead atoms.